The number of nitrogens with zero attached hydrogens (tertiary/aromatic N) is 1. The summed E-state index contributed by atoms with van der Waals surface area (Å²) in [5.74, 6) is -1.52. The molecule has 8 heteroatoms. The van der Waals surface area contributed by atoms with Crippen molar-refractivity contribution >= 4 is 27.0 Å². The number of sulfone groups is 1. The summed E-state index contributed by atoms with van der Waals surface area (Å²) in [5, 5.41) is 10.0. The van der Waals surface area contributed by atoms with Crippen LogP contribution in [0.1, 0.15) is 74.9 Å². The first-order valence-electron chi connectivity index (χ1n) is 9.47. The van der Waals surface area contributed by atoms with Gasteiger partial charge in [0.25, 0.3) is 0 Å². The average Bonchev–Trinajstić information content (AvgIpc) is 3.06. The van der Waals surface area contributed by atoms with E-state index in [-0.39, 0.29) is 28.4 Å². The highest BCUT2D eigenvalue weighted by Gasteiger charge is 2.28. The SMILES string of the molecule is CC(C)c1cc(F)cc(C(C)C)c1CC(=O)CS(=O)(=O)c1ncc(C(C)(C)O)s1. The fourth-order valence-corrected chi connectivity index (χ4v) is 5.59. The molecule has 0 aliphatic heterocycles. The highest BCUT2D eigenvalue weighted by molar-refractivity contribution is 7.94. The van der Waals surface area contributed by atoms with Crippen molar-refractivity contribution in [2.75, 3.05) is 5.75 Å². The number of hydrogen-bond acceptors (Lipinski definition) is 6. The zero-order chi connectivity index (χ0) is 22.1. The number of benzene rings is 1. The van der Waals surface area contributed by atoms with E-state index >= 15 is 0 Å². The van der Waals surface area contributed by atoms with E-state index in [0.29, 0.717) is 10.4 Å². The lowest BCUT2D eigenvalue weighted by Crippen LogP contribution is -2.20. The third-order valence-electron chi connectivity index (χ3n) is 4.61. The fraction of sp³-hybridized carbons (Fsp3) is 0.524. The van der Waals surface area contributed by atoms with Crippen LogP contribution in [0.4, 0.5) is 4.39 Å². The molecule has 0 aliphatic rings. The highest BCUT2D eigenvalue weighted by Crippen LogP contribution is 2.31. The predicted molar refractivity (Wildman–Crippen MR) is 113 cm³/mol. The number of ketones is 1. The van der Waals surface area contributed by atoms with Gasteiger partial charge in [0.05, 0.1) is 10.5 Å². The van der Waals surface area contributed by atoms with E-state index in [1.54, 1.807) is 0 Å². The highest BCUT2D eigenvalue weighted by atomic mass is 32.2. The molecule has 0 spiro atoms. The Kier molecular flexibility index (Phi) is 7.02. The zero-order valence-corrected chi connectivity index (χ0v) is 19.2. The molecule has 0 saturated heterocycles. The first-order valence-corrected chi connectivity index (χ1v) is 11.9. The van der Waals surface area contributed by atoms with E-state index in [9.17, 15) is 22.7 Å². The third-order valence-corrected chi connectivity index (χ3v) is 8.06. The molecular weight excluding hydrogens is 413 g/mol. The molecule has 0 amide bonds. The summed E-state index contributed by atoms with van der Waals surface area (Å²) in [7, 11) is -3.92. The Morgan fingerprint density at radius 2 is 1.69 bits per heavy atom. The van der Waals surface area contributed by atoms with Crippen molar-refractivity contribution in [1.82, 2.24) is 4.98 Å². The van der Waals surface area contributed by atoms with Crippen LogP contribution in [0.25, 0.3) is 0 Å². The molecule has 1 heterocycles. The summed E-state index contributed by atoms with van der Waals surface area (Å²) in [6, 6.07) is 2.84. The molecule has 0 unspecified atom stereocenters. The fourth-order valence-electron chi connectivity index (χ4n) is 3.12. The Bertz CT molecular complexity index is 973. The molecule has 0 radical (unpaired) electrons. The molecule has 0 fully saturated rings. The second-order valence-electron chi connectivity index (χ2n) is 8.40. The first kappa shape index (κ1) is 23.6. The number of aliphatic hydroxyl groups is 1. The van der Waals surface area contributed by atoms with Crippen LogP contribution in [0.15, 0.2) is 22.7 Å². The van der Waals surface area contributed by atoms with Crippen LogP contribution in [-0.4, -0.2) is 30.0 Å². The number of Topliss-reactive ketones (excluding diaryl/α,β-unsaturated/α-hetero) is 1. The average molecular weight is 442 g/mol. The summed E-state index contributed by atoms with van der Waals surface area (Å²) in [6.07, 6.45) is 1.24. The molecule has 2 rings (SSSR count). The number of carbonyl (C=O) groups excluding carboxylic acids is 1. The van der Waals surface area contributed by atoms with E-state index in [1.807, 2.05) is 27.7 Å². The Balaban J connectivity index is 2.32. The maximum atomic E-state index is 14.0. The van der Waals surface area contributed by atoms with Crippen molar-refractivity contribution in [3.63, 3.8) is 0 Å². The molecule has 1 aromatic carbocycles. The van der Waals surface area contributed by atoms with Gasteiger partial charge in [-0.2, -0.15) is 0 Å². The zero-order valence-electron chi connectivity index (χ0n) is 17.6. The minimum absolute atomic E-state index is 0.00378. The van der Waals surface area contributed by atoms with Crippen LogP contribution in [0.2, 0.25) is 0 Å². The van der Waals surface area contributed by atoms with E-state index in [1.165, 1.54) is 32.2 Å². The van der Waals surface area contributed by atoms with Crippen LogP contribution in [0, 0.1) is 5.82 Å². The summed E-state index contributed by atoms with van der Waals surface area (Å²) < 4.78 is 39.2. The molecule has 0 saturated carbocycles. The third kappa shape index (κ3) is 5.71. The molecule has 5 nitrogen and oxygen atoms in total. The summed E-state index contributed by atoms with van der Waals surface area (Å²) in [6.45, 7) is 10.7. The summed E-state index contributed by atoms with van der Waals surface area (Å²) in [5.41, 5.74) is 0.936. The molecular formula is C21H28FNO4S2. The van der Waals surface area contributed by atoms with Crippen molar-refractivity contribution in [2.24, 2.45) is 0 Å². The van der Waals surface area contributed by atoms with Crippen molar-refractivity contribution in [2.45, 2.75) is 69.7 Å². The van der Waals surface area contributed by atoms with Crippen LogP contribution < -0.4 is 0 Å². The molecule has 29 heavy (non-hydrogen) atoms. The topological polar surface area (TPSA) is 84.3 Å². The molecule has 0 aliphatic carbocycles. The lowest BCUT2D eigenvalue weighted by Gasteiger charge is -2.19. The molecule has 160 valence electrons. The number of thiazole rings is 1. The van der Waals surface area contributed by atoms with Gasteiger partial charge in [-0.15, -0.1) is 11.3 Å². The molecule has 0 atom stereocenters. The van der Waals surface area contributed by atoms with Crippen LogP contribution in [-0.2, 0) is 26.7 Å². The minimum Gasteiger partial charge on any atom is -0.385 e. The number of aromatic nitrogens is 1. The van der Waals surface area contributed by atoms with Crippen molar-refractivity contribution in [3.8, 4) is 0 Å². The normalized spacial score (nSPS) is 12.8. The van der Waals surface area contributed by atoms with E-state index in [4.69, 9.17) is 0 Å². The second kappa shape index (κ2) is 8.62. The number of carbonyl (C=O) groups is 1. The van der Waals surface area contributed by atoms with Gasteiger partial charge in [-0.25, -0.2) is 17.8 Å². The molecule has 0 bridgehead atoms. The summed E-state index contributed by atoms with van der Waals surface area (Å²) >= 11 is 0.862. The lowest BCUT2D eigenvalue weighted by atomic mass is 9.86. The second-order valence-corrected chi connectivity index (χ2v) is 11.6. The van der Waals surface area contributed by atoms with Gasteiger partial charge in [0, 0.05) is 12.6 Å². The molecule has 1 aromatic heterocycles. The minimum atomic E-state index is -3.92. The van der Waals surface area contributed by atoms with Gasteiger partial charge in [0.15, 0.2) is 5.78 Å². The van der Waals surface area contributed by atoms with Gasteiger partial charge in [0.1, 0.15) is 11.6 Å². The maximum Gasteiger partial charge on any atom is 0.212 e. The monoisotopic (exact) mass is 441 g/mol. The van der Waals surface area contributed by atoms with E-state index in [0.717, 1.165) is 22.5 Å². The standard InChI is InChI=1S/C21H28FNO4S2/c1-12(2)16-7-14(22)8-17(13(3)4)18(16)9-15(24)11-29(26,27)20-23-10-19(28-20)21(5,6)25/h7-8,10,12-13,25H,9,11H2,1-6H3. The van der Waals surface area contributed by atoms with Gasteiger partial charge >= 0.3 is 0 Å². The van der Waals surface area contributed by atoms with Gasteiger partial charge < -0.3 is 5.11 Å². The van der Waals surface area contributed by atoms with Crippen LogP contribution in [0.5, 0.6) is 0 Å². The Morgan fingerprint density at radius 1 is 1.17 bits per heavy atom. The van der Waals surface area contributed by atoms with Crippen molar-refractivity contribution in [3.05, 3.63) is 45.7 Å². The Labute approximate surface area is 175 Å². The number of rotatable bonds is 8. The lowest BCUT2D eigenvalue weighted by molar-refractivity contribution is -0.116. The molecule has 2 aromatic rings. The number of halogens is 1. The van der Waals surface area contributed by atoms with Gasteiger partial charge in [-0.05, 0) is 54.5 Å². The van der Waals surface area contributed by atoms with Gasteiger partial charge in [-0.1, -0.05) is 27.7 Å². The Hall–Kier alpha value is -1.64. The van der Waals surface area contributed by atoms with Gasteiger partial charge in [0.2, 0.25) is 14.2 Å². The van der Waals surface area contributed by atoms with Crippen LogP contribution in [0.3, 0.4) is 0 Å². The quantitative estimate of drug-likeness (QED) is 0.659. The van der Waals surface area contributed by atoms with Crippen molar-refractivity contribution in [1.29, 1.82) is 0 Å². The van der Waals surface area contributed by atoms with Crippen molar-refractivity contribution < 1.29 is 22.7 Å². The van der Waals surface area contributed by atoms with E-state index in [2.05, 4.69) is 4.98 Å². The first-order chi connectivity index (χ1) is 13.2. The number of hydrogen-bond donors (Lipinski definition) is 1. The maximum absolute atomic E-state index is 14.0. The van der Waals surface area contributed by atoms with E-state index < -0.39 is 27.0 Å². The largest absolute Gasteiger partial charge is 0.385 e. The smallest absolute Gasteiger partial charge is 0.212 e. The molecule has 1 N–H and O–H groups in total. The predicted octanol–water partition coefficient (Wildman–Crippen LogP) is 4.34. The van der Waals surface area contributed by atoms with Gasteiger partial charge in [-0.3, -0.25) is 4.79 Å². The summed E-state index contributed by atoms with van der Waals surface area (Å²) in [4.78, 5) is 17.0. The van der Waals surface area contributed by atoms with Crippen LogP contribution >= 0.6 is 11.3 Å². The Morgan fingerprint density at radius 3 is 2.10 bits per heavy atom.